The second-order valence-electron chi connectivity index (χ2n) is 4.15. The number of likely N-dealkylation sites (N-methyl/N-ethyl adjacent to an activating group) is 3. The first kappa shape index (κ1) is 15.6. The van der Waals surface area contributed by atoms with Gasteiger partial charge in [-0.3, -0.25) is 24.1 Å². The number of imide groups is 2. The number of hydrogen-bond donors (Lipinski definition) is 1. The molecule has 0 bridgehead atoms. The molecule has 0 atom stereocenters. The molecule has 0 aliphatic carbocycles. The van der Waals surface area contributed by atoms with Crippen molar-refractivity contribution in [2.75, 3.05) is 33.7 Å². The van der Waals surface area contributed by atoms with Gasteiger partial charge < -0.3 is 10.2 Å². The first-order chi connectivity index (χ1) is 9.33. The van der Waals surface area contributed by atoms with Crippen LogP contribution in [0.1, 0.15) is 6.92 Å². The first-order valence-electron chi connectivity index (χ1n) is 5.95. The lowest BCUT2D eigenvalue weighted by molar-refractivity contribution is -0.145. The zero-order chi connectivity index (χ0) is 15.4. The van der Waals surface area contributed by atoms with Gasteiger partial charge in [0.05, 0.1) is 6.54 Å². The lowest BCUT2D eigenvalue weighted by Gasteiger charge is -2.19. The minimum atomic E-state index is -1.03. The van der Waals surface area contributed by atoms with Gasteiger partial charge in [0.2, 0.25) is 11.8 Å². The Kier molecular flexibility index (Phi) is 4.78. The molecule has 1 saturated heterocycles. The van der Waals surface area contributed by atoms with Crippen LogP contribution in [0.5, 0.6) is 0 Å². The molecule has 0 spiro atoms. The number of carbonyl (C=O) groups is 5. The van der Waals surface area contributed by atoms with E-state index in [9.17, 15) is 24.0 Å². The number of nitrogens with one attached hydrogen (secondary N) is 1. The maximum Gasteiger partial charge on any atom is 0.334 e. The molecule has 0 aromatic carbocycles. The van der Waals surface area contributed by atoms with Crippen molar-refractivity contribution in [3.8, 4) is 0 Å². The number of amides is 6. The molecule has 1 heterocycles. The number of urea groups is 1. The molecule has 1 N–H and O–H groups in total. The van der Waals surface area contributed by atoms with E-state index in [2.05, 4.69) is 5.32 Å². The van der Waals surface area contributed by atoms with Gasteiger partial charge in [-0.05, 0) is 6.92 Å². The summed E-state index contributed by atoms with van der Waals surface area (Å²) in [6.07, 6.45) is 0. The molecule has 9 heteroatoms. The third kappa shape index (κ3) is 2.92. The van der Waals surface area contributed by atoms with Gasteiger partial charge in [-0.15, -0.1) is 0 Å². The Balaban J connectivity index is 2.71. The zero-order valence-corrected chi connectivity index (χ0v) is 11.5. The highest BCUT2D eigenvalue weighted by molar-refractivity contribution is 6.45. The van der Waals surface area contributed by atoms with Gasteiger partial charge in [-0.25, -0.2) is 9.69 Å². The van der Waals surface area contributed by atoms with Crippen molar-refractivity contribution >= 4 is 29.7 Å². The highest BCUT2D eigenvalue weighted by atomic mass is 16.2. The second kappa shape index (κ2) is 6.13. The maximum atomic E-state index is 11.8. The van der Waals surface area contributed by atoms with Crippen LogP contribution in [0.15, 0.2) is 0 Å². The molecule has 9 nitrogen and oxygen atoms in total. The van der Waals surface area contributed by atoms with Crippen molar-refractivity contribution in [1.29, 1.82) is 0 Å². The summed E-state index contributed by atoms with van der Waals surface area (Å²) in [4.78, 5) is 60.1. The lowest BCUT2D eigenvalue weighted by Crippen LogP contribution is -2.44. The molecule has 1 fully saturated rings. The number of rotatable bonds is 5. The largest absolute Gasteiger partial charge is 0.358 e. The Morgan fingerprint density at radius 3 is 2.15 bits per heavy atom. The standard InChI is InChI=1S/C11H16N4O5/c1-4-14-9(18)10(19)15(11(14)20)6-8(17)13(3)5-7(16)12-2/h4-6H2,1-3H3,(H,12,16). The molecule has 110 valence electrons. The summed E-state index contributed by atoms with van der Waals surface area (Å²) in [5.41, 5.74) is 0. The van der Waals surface area contributed by atoms with Crippen molar-refractivity contribution in [3.63, 3.8) is 0 Å². The Hall–Kier alpha value is -2.45. The van der Waals surface area contributed by atoms with Gasteiger partial charge >= 0.3 is 17.8 Å². The van der Waals surface area contributed by atoms with Gasteiger partial charge in [0.1, 0.15) is 6.54 Å². The summed E-state index contributed by atoms with van der Waals surface area (Å²) in [5, 5.41) is 2.34. The summed E-state index contributed by atoms with van der Waals surface area (Å²) in [6.45, 7) is 0.846. The molecule has 1 aliphatic heterocycles. The van der Waals surface area contributed by atoms with E-state index in [0.29, 0.717) is 4.90 Å². The highest BCUT2D eigenvalue weighted by Gasteiger charge is 2.44. The average molecular weight is 284 g/mol. The molecular formula is C11H16N4O5. The van der Waals surface area contributed by atoms with E-state index >= 15 is 0 Å². The molecule has 6 amide bonds. The van der Waals surface area contributed by atoms with Crippen molar-refractivity contribution in [2.45, 2.75) is 6.92 Å². The van der Waals surface area contributed by atoms with Crippen LogP contribution in [-0.4, -0.2) is 78.1 Å². The van der Waals surface area contributed by atoms with Crippen LogP contribution in [0, 0.1) is 0 Å². The van der Waals surface area contributed by atoms with Crippen molar-refractivity contribution < 1.29 is 24.0 Å². The van der Waals surface area contributed by atoms with Gasteiger partial charge in [-0.2, -0.15) is 0 Å². The van der Waals surface area contributed by atoms with Crippen LogP contribution in [0.3, 0.4) is 0 Å². The first-order valence-corrected chi connectivity index (χ1v) is 5.95. The molecule has 0 aromatic heterocycles. The van der Waals surface area contributed by atoms with E-state index in [4.69, 9.17) is 0 Å². The molecule has 0 radical (unpaired) electrons. The SMILES string of the molecule is CCN1C(=O)C(=O)N(CC(=O)N(C)CC(=O)NC)C1=O. The van der Waals surface area contributed by atoms with Gasteiger partial charge in [0.25, 0.3) is 0 Å². The summed E-state index contributed by atoms with van der Waals surface area (Å²) >= 11 is 0. The smallest absolute Gasteiger partial charge is 0.334 e. The van der Waals surface area contributed by atoms with Crippen molar-refractivity contribution in [1.82, 2.24) is 20.0 Å². The molecule has 0 unspecified atom stereocenters. The number of hydrogen-bond acceptors (Lipinski definition) is 5. The van der Waals surface area contributed by atoms with Crippen LogP contribution < -0.4 is 5.32 Å². The predicted octanol–water partition coefficient (Wildman–Crippen LogP) is -2.00. The number of carbonyl (C=O) groups excluding carboxylic acids is 5. The molecule has 20 heavy (non-hydrogen) atoms. The minimum Gasteiger partial charge on any atom is -0.358 e. The Morgan fingerprint density at radius 1 is 1.15 bits per heavy atom. The van der Waals surface area contributed by atoms with Crippen LogP contribution in [0.25, 0.3) is 0 Å². The normalized spacial score (nSPS) is 14.8. The van der Waals surface area contributed by atoms with E-state index in [-0.39, 0.29) is 19.0 Å². The van der Waals surface area contributed by atoms with E-state index < -0.39 is 30.3 Å². The van der Waals surface area contributed by atoms with Gasteiger partial charge in [0, 0.05) is 20.6 Å². The lowest BCUT2D eigenvalue weighted by atomic mass is 10.4. The molecule has 0 aromatic rings. The summed E-state index contributed by atoms with van der Waals surface area (Å²) in [6, 6.07) is -0.816. The van der Waals surface area contributed by atoms with Crippen LogP contribution in [-0.2, 0) is 19.2 Å². The van der Waals surface area contributed by atoms with Crippen molar-refractivity contribution in [3.05, 3.63) is 0 Å². The van der Waals surface area contributed by atoms with Crippen molar-refractivity contribution in [2.24, 2.45) is 0 Å². The molecule has 0 saturated carbocycles. The second-order valence-corrected chi connectivity index (χ2v) is 4.15. The van der Waals surface area contributed by atoms with Crippen LogP contribution >= 0.6 is 0 Å². The topological polar surface area (TPSA) is 107 Å². The summed E-state index contributed by atoms with van der Waals surface area (Å²) < 4.78 is 0. The molecule has 1 aliphatic rings. The van der Waals surface area contributed by atoms with Gasteiger partial charge in [0.15, 0.2) is 0 Å². The Morgan fingerprint density at radius 2 is 1.70 bits per heavy atom. The zero-order valence-electron chi connectivity index (χ0n) is 11.5. The fraction of sp³-hybridized carbons (Fsp3) is 0.545. The number of nitrogens with zero attached hydrogens (tertiary/aromatic N) is 3. The van der Waals surface area contributed by atoms with Gasteiger partial charge in [-0.1, -0.05) is 0 Å². The van der Waals surface area contributed by atoms with Crippen LogP contribution in [0.2, 0.25) is 0 Å². The summed E-state index contributed by atoms with van der Waals surface area (Å²) in [5.74, 6) is -2.97. The molecular weight excluding hydrogens is 268 g/mol. The van der Waals surface area contributed by atoms with E-state index in [1.54, 1.807) is 6.92 Å². The third-order valence-corrected chi connectivity index (χ3v) is 2.83. The highest BCUT2D eigenvalue weighted by Crippen LogP contribution is 2.11. The maximum absolute atomic E-state index is 11.8. The van der Waals surface area contributed by atoms with E-state index in [1.807, 2.05) is 0 Å². The minimum absolute atomic E-state index is 0.0577. The van der Waals surface area contributed by atoms with E-state index in [0.717, 1.165) is 9.80 Å². The third-order valence-electron chi connectivity index (χ3n) is 2.83. The quantitative estimate of drug-likeness (QED) is 0.464. The van der Waals surface area contributed by atoms with Crippen LogP contribution in [0.4, 0.5) is 4.79 Å². The molecule has 1 rings (SSSR count). The summed E-state index contributed by atoms with van der Waals surface area (Å²) in [7, 11) is 2.79. The predicted molar refractivity (Wildman–Crippen MR) is 66.2 cm³/mol. The fourth-order valence-electron chi connectivity index (χ4n) is 1.61. The van der Waals surface area contributed by atoms with E-state index in [1.165, 1.54) is 14.1 Å². The monoisotopic (exact) mass is 284 g/mol. The Labute approximate surface area is 115 Å². The Bertz CT molecular complexity index is 475. The fourth-order valence-corrected chi connectivity index (χ4v) is 1.61. The average Bonchev–Trinajstić information content (AvgIpc) is 2.62.